The van der Waals surface area contributed by atoms with Crippen LogP contribution < -0.4 is 5.32 Å². The first-order valence-electron chi connectivity index (χ1n) is 7.75. The van der Waals surface area contributed by atoms with Crippen molar-refractivity contribution >= 4 is 6.03 Å². The van der Waals surface area contributed by atoms with Gasteiger partial charge in [0.2, 0.25) is 0 Å². The van der Waals surface area contributed by atoms with Crippen molar-refractivity contribution in [2.24, 2.45) is 11.8 Å². The van der Waals surface area contributed by atoms with Gasteiger partial charge in [0.1, 0.15) is 0 Å². The molecule has 4 atom stereocenters. The van der Waals surface area contributed by atoms with Crippen molar-refractivity contribution < 1.29 is 9.53 Å². The maximum absolute atomic E-state index is 12.1. The Balaban J connectivity index is 1.47. The van der Waals surface area contributed by atoms with E-state index in [1.807, 2.05) is 4.90 Å². The molecule has 4 rings (SSSR count). The molecule has 5 heteroatoms. The van der Waals surface area contributed by atoms with E-state index in [2.05, 4.69) is 22.9 Å². The lowest BCUT2D eigenvalue weighted by Crippen LogP contribution is -2.57. The van der Waals surface area contributed by atoms with Gasteiger partial charge >= 0.3 is 6.03 Å². The maximum atomic E-state index is 12.1. The predicted molar refractivity (Wildman–Crippen MR) is 77.6 cm³/mol. The van der Waals surface area contributed by atoms with E-state index >= 15 is 0 Å². The van der Waals surface area contributed by atoms with Gasteiger partial charge in [-0.15, -0.1) is 6.58 Å². The summed E-state index contributed by atoms with van der Waals surface area (Å²) in [7, 11) is 0. The number of nitrogens with zero attached hydrogens (tertiary/aromatic N) is 2. The Labute approximate surface area is 120 Å². The molecule has 0 aromatic carbocycles. The summed E-state index contributed by atoms with van der Waals surface area (Å²) in [6.07, 6.45) is 4.59. The minimum Gasteiger partial charge on any atom is -0.378 e. The maximum Gasteiger partial charge on any atom is 0.317 e. The summed E-state index contributed by atoms with van der Waals surface area (Å²) in [6, 6.07) is 0.575. The van der Waals surface area contributed by atoms with Crippen LogP contribution in [0.2, 0.25) is 0 Å². The van der Waals surface area contributed by atoms with Gasteiger partial charge in [-0.3, -0.25) is 4.90 Å². The Morgan fingerprint density at radius 3 is 2.80 bits per heavy atom. The molecule has 5 nitrogen and oxygen atoms in total. The number of amides is 2. The fraction of sp³-hybridized carbons (Fsp3) is 0.800. The van der Waals surface area contributed by atoms with Crippen molar-refractivity contribution in [3.8, 4) is 0 Å². The SMILES string of the molecule is C=CC1CN2CCC1CC2CNC(=O)N1CCOCC1. The number of carbonyl (C=O) groups excluding carboxylic acids is 1. The zero-order chi connectivity index (χ0) is 13.9. The molecule has 0 aromatic rings. The largest absolute Gasteiger partial charge is 0.378 e. The Morgan fingerprint density at radius 1 is 1.35 bits per heavy atom. The summed E-state index contributed by atoms with van der Waals surface area (Å²) in [5, 5.41) is 3.10. The number of piperidine rings is 3. The summed E-state index contributed by atoms with van der Waals surface area (Å²) in [5.74, 6) is 1.41. The molecule has 0 aliphatic carbocycles. The molecule has 0 radical (unpaired) electrons. The van der Waals surface area contributed by atoms with Crippen LogP contribution in [0, 0.1) is 11.8 Å². The first-order valence-corrected chi connectivity index (χ1v) is 7.75. The summed E-state index contributed by atoms with van der Waals surface area (Å²) in [4.78, 5) is 16.5. The van der Waals surface area contributed by atoms with Gasteiger partial charge in [0.15, 0.2) is 0 Å². The molecular weight excluding hydrogens is 254 g/mol. The quantitative estimate of drug-likeness (QED) is 0.782. The molecule has 4 fully saturated rings. The van der Waals surface area contributed by atoms with Gasteiger partial charge in [0.05, 0.1) is 13.2 Å². The van der Waals surface area contributed by atoms with E-state index < -0.39 is 0 Å². The van der Waals surface area contributed by atoms with Gasteiger partial charge < -0.3 is 15.0 Å². The molecule has 0 spiro atoms. The molecule has 112 valence electrons. The van der Waals surface area contributed by atoms with E-state index in [1.54, 1.807) is 0 Å². The van der Waals surface area contributed by atoms with Gasteiger partial charge in [0.25, 0.3) is 0 Å². The van der Waals surface area contributed by atoms with Crippen molar-refractivity contribution in [2.45, 2.75) is 18.9 Å². The van der Waals surface area contributed by atoms with Crippen molar-refractivity contribution in [3.63, 3.8) is 0 Å². The van der Waals surface area contributed by atoms with E-state index in [0.29, 0.717) is 38.3 Å². The molecule has 2 amide bonds. The highest BCUT2D eigenvalue weighted by atomic mass is 16.5. The molecule has 4 unspecified atom stereocenters. The van der Waals surface area contributed by atoms with Crippen LogP contribution in [-0.2, 0) is 4.74 Å². The number of hydrogen-bond donors (Lipinski definition) is 1. The number of morpholine rings is 1. The van der Waals surface area contributed by atoms with Crippen LogP contribution in [0.15, 0.2) is 12.7 Å². The number of hydrogen-bond acceptors (Lipinski definition) is 3. The molecule has 4 saturated heterocycles. The minimum atomic E-state index is 0.0659. The van der Waals surface area contributed by atoms with Crippen LogP contribution in [0.5, 0.6) is 0 Å². The van der Waals surface area contributed by atoms with Crippen molar-refractivity contribution in [1.29, 1.82) is 0 Å². The lowest BCUT2D eigenvalue weighted by atomic mass is 9.75. The van der Waals surface area contributed by atoms with Crippen LogP contribution >= 0.6 is 0 Å². The molecule has 2 bridgehead atoms. The molecule has 0 saturated carbocycles. The lowest BCUT2D eigenvalue weighted by molar-refractivity contribution is 0.0186. The fourth-order valence-electron chi connectivity index (χ4n) is 3.74. The molecule has 1 N–H and O–H groups in total. The third-order valence-electron chi connectivity index (χ3n) is 5.02. The number of ether oxygens (including phenoxy) is 1. The topological polar surface area (TPSA) is 44.8 Å². The third kappa shape index (κ3) is 2.83. The fourth-order valence-corrected chi connectivity index (χ4v) is 3.74. The summed E-state index contributed by atoms with van der Waals surface area (Å²) in [5.41, 5.74) is 0. The number of rotatable bonds is 3. The highest BCUT2D eigenvalue weighted by molar-refractivity contribution is 5.74. The summed E-state index contributed by atoms with van der Waals surface area (Å²) in [6.45, 7) is 9.75. The smallest absolute Gasteiger partial charge is 0.317 e. The second-order valence-electron chi connectivity index (χ2n) is 6.12. The predicted octanol–water partition coefficient (Wildman–Crippen LogP) is 0.925. The van der Waals surface area contributed by atoms with E-state index in [-0.39, 0.29) is 6.03 Å². The minimum absolute atomic E-state index is 0.0659. The Hall–Kier alpha value is -1.07. The monoisotopic (exact) mass is 279 g/mol. The first-order chi connectivity index (χ1) is 9.78. The van der Waals surface area contributed by atoms with Gasteiger partial charge in [-0.1, -0.05) is 6.08 Å². The standard InChI is InChI=1S/C15H25N3O2/c1-2-12-11-18-4-3-13(12)9-14(18)10-16-15(19)17-5-7-20-8-6-17/h2,12-14H,1,3-11H2,(H,16,19). The summed E-state index contributed by atoms with van der Waals surface area (Å²) >= 11 is 0. The second-order valence-corrected chi connectivity index (χ2v) is 6.12. The van der Waals surface area contributed by atoms with E-state index in [9.17, 15) is 4.79 Å². The average molecular weight is 279 g/mol. The molecule has 4 aliphatic heterocycles. The average Bonchev–Trinajstić information content (AvgIpc) is 2.53. The Kier molecular flexibility index (Phi) is 4.27. The number of urea groups is 1. The van der Waals surface area contributed by atoms with E-state index in [0.717, 1.165) is 19.0 Å². The van der Waals surface area contributed by atoms with Crippen LogP contribution in [0.1, 0.15) is 12.8 Å². The molecular formula is C15H25N3O2. The van der Waals surface area contributed by atoms with Crippen LogP contribution in [-0.4, -0.2) is 67.8 Å². The normalized spacial score (nSPS) is 36.7. The van der Waals surface area contributed by atoms with Crippen molar-refractivity contribution in [1.82, 2.24) is 15.1 Å². The lowest BCUT2D eigenvalue weighted by Gasteiger charge is -2.49. The number of fused-ring (bicyclic) bond motifs is 3. The first kappa shape index (κ1) is 13.9. The van der Waals surface area contributed by atoms with Crippen LogP contribution in [0.25, 0.3) is 0 Å². The van der Waals surface area contributed by atoms with E-state index in [4.69, 9.17) is 4.74 Å². The zero-order valence-electron chi connectivity index (χ0n) is 12.1. The van der Waals surface area contributed by atoms with Crippen LogP contribution in [0.3, 0.4) is 0 Å². The molecule has 20 heavy (non-hydrogen) atoms. The van der Waals surface area contributed by atoms with Crippen molar-refractivity contribution in [3.05, 3.63) is 12.7 Å². The molecule has 4 heterocycles. The Bertz CT molecular complexity index is 368. The van der Waals surface area contributed by atoms with Crippen molar-refractivity contribution in [2.75, 3.05) is 45.9 Å². The highest BCUT2D eigenvalue weighted by Gasteiger charge is 2.38. The summed E-state index contributed by atoms with van der Waals surface area (Å²) < 4.78 is 5.27. The highest BCUT2D eigenvalue weighted by Crippen LogP contribution is 2.36. The van der Waals surface area contributed by atoms with Gasteiger partial charge in [0, 0.05) is 32.2 Å². The molecule has 4 aliphatic rings. The van der Waals surface area contributed by atoms with Crippen LogP contribution in [0.4, 0.5) is 4.79 Å². The zero-order valence-corrected chi connectivity index (χ0v) is 12.1. The van der Waals surface area contributed by atoms with Gasteiger partial charge in [-0.2, -0.15) is 0 Å². The third-order valence-corrected chi connectivity index (χ3v) is 5.02. The second kappa shape index (κ2) is 6.14. The molecule has 0 aromatic heterocycles. The number of nitrogens with one attached hydrogen (secondary N) is 1. The van der Waals surface area contributed by atoms with E-state index in [1.165, 1.54) is 19.4 Å². The van der Waals surface area contributed by atoms with Gasteiger partial charge in [-0.05, 0) is 31.2 Å². The number of carbonyl (C=O) groups is 1. The van der Waals surface area contributed by atoms with Gasteiger partial charge in [-0.25, -0.2) is 4.79 Å². The Morgan fingerprint density at radius 2 is 2.15 bits per heavy atom.